The van der Waals surface area contributed by atoms with Crippen molar-refractivity contribution in [1.82, 2.24) is 5.32 Å². The molecule has 6 nitrogen and oxygen atoms in total. The molecular weight excluding hydrogens is 318 g/mol. The van der Waals surface area contributed by atoms with E-state index in [1.54, 1.807) is 19.1 Å². The normalized spacial score (nSPS) is 12.6. The van der Waals surface area contributed by atoms with E-state index in [9.17, 15) is 18.0 Å². The van der Waals surface area contributed by atoms with E-state index in [1.807, 2.05) is 6.92 Å². The van der Waals surface area contributed by atoms with Gasteiger partial charge < -0.3 is 10.4 Å². The van der Waals surface area contributed by atoms with E-state index >= 15 is 0 Å². The van der Waals surface area contributed by atoms with Gasteiger partial charge in [0.25, 0.3) is 0 Å². The van der Waals surface area contributed by atoms with Crippen LogP contribution in [0.5, 0.6) is 0 Å². The Morgan fingerprint density at radius 3 is 2.26 bits per heavy atom. The van der Waals surface area contributed by atoms with Gasteiger partial charge in [-0.05, 0) is 30.5 Å². The zero-order valence-corrected chi connectivity index (χ0v) is 14.2. The highest BCUT2D eigenvalue weighted by Gasteiger charge is 2.18. The molecule has 0 aromatic heterocycles. The van der Waals surface area contributed by atoms with Crippen LogP contribution in [-0.2, 0) is 25.8 Å². The molecule has 7 heteroatoms. The number of rotatable bonds is 9. The van der Waals surface area contributed by atoms with Crippen LogP contribution in [0.25, 0.3) is 0 Å². The Bertz CT molecular complexity index is 637. The minimum atomic E-state index is -3.22. The van der Waals surface area contributed by atoms with Crippen LogP contribution in [0.2, 0.25) is 0 Å². The number of carboxylic acids is 1. The lowest BCUT2D eigenvalue weighted by Gasteiger charge is -2.13. The Morgan fingerprint density at radius 2 is 1.78 bits per heavy atom. The number of carbonyl (C=O) groups is 2. The average molecular weight is 341 g/mol. The molecular formula is C16H23NO5S. The summed E-state index contributed by atoms with van der Waals surface area (Å²) in [7, 11) is -3.22. The average Bonchev–Trinajstić information content (AvgIpc) is 2.52. The van der Waals surface area contributed by atoms with Gasteiger partial charge in [-0.3, -0.25) is 4.79 Å². The van der Waals surface area contributed by atoms with Crippen molar-refractivity contribution < 1.29 is 23.1 Å². The lowest BCUT2D eigenvalue weighted by atomic mass is 10.1. The van der Waals surface area contributed by atoms with Gasteiger partial charge in [-0.1, -0.05) is 32.4 Å². The van der Waals surface area contributed by atoms with Crippen LogP contribution in [-0.4, -0.2) is 37.2 Å². The number of aliphatic carboxylic acids is 1. The smallest absolute Gasteiger partial charge is 0.326 e. The van der Waals surface area contributed by atoms with Gasteiger partial charge in [-0.15, -0.1) is 0 Å². The second-order valence-corrected chi connectivity index (χ2v) is 7.57. The predicted molar refractivity (Wildman–Crippen MR) is 87.0 cm³/mol. The second kappa shape index (κ2) is 8.67. The molecule has 1 aromatic rings. The van der Waals surface area contributed by atoms with Crippen LogP contribution in [0.1, 0.15) is 38.7 Å². The van der Waals surface area contributed by atoms with Gasteiger partial charge >= 0.3 is 5.97 Å². The molecule has 0 bridgehead atoms. The van der Waals surface area contributed by atoms with E-state index in [4.69, 9.17) is 5.11 Å². The van der Waals surface area contributed by atoms with Gasteiger partial charge in [0.15, 0.2) is 9.84 Å². The van der Waals surface area contributed by atoms with Crippen molar-refractivity contribution in [2.24, 2.45) is 0 Å². The Balaban J connectivity index is 2.58. The number of carbonyl (C=O) groups excluding carboxylic acids is 1. The molecule has 0 fully saturated rings. The standard InChI is InChI=1S/C16H23NO5S/c1-3-5-14(16(19)20)17-15(18)11-8-12-6-9-13(10-7-12)23(21,22)4-2/h6-7,9-10,14H,3-5,8,11H2,1-2H3,(H,17,18)(H,19,20). The van der Waals surface area contributed by atoms with Crippen LogP contribution in [0, 0.1) is 0 Å². The number of carboxylic acid groups (broad SMARTS) is 1. The first-order valence-corrected chi connectivity index (χ1v) is 9.29. The Labute approximate surface area is 136 Å². The molecule has 23 heavy (non-hydrogen) atoms. The van der Waals surface area contributed by atoms with Crippen LogP contribution in [0.15, 0.2) is 29.2 Å². The van der Waals surface area contributed by atoms with Crippen LogP contribution >= 0.6 is 0 Å². The molecule has 1 unspecified atom stereocenters. The largest absolute Gasteiger partial charge is 0.480 e. The van der Waals surface area contributed by atoms with Crippen LogP contribution in [0.3, 0.4) is 0 Å². The fourth-order valence-corrected chi connectivity index (χ4v) is 2.98. The quantitative estimate of drug-likeness (QED) is 0.713. The minimum absolute atomic E-state index is 0.0444. The van der Waals surface area contributed by atoms with Crippen molar-refractivity contribution in [3.05, 3.63) is 29.8 Å². The summed E-state index contributed by atoms with van der Waals surface area (Å²) in [4.78, 5) is 23.1. The summed E-state index contributed by atoms with van der Waals surface area (Å²) >= 11 is 0. The summed E-state index contributed by atoms with van der Waals surface area (Å²) in [5.41, 5.74) is 0.831. The lowest BCUT2D eigenvalue weighted by molar-refractivity contribution is -0.142. The molecule has 0 aliphatic carbocycles. The number of sulfone groups is 1. The first kappa shape index (κ1) is 19.2. The third kappa shape index (κ3) is 6.02. The summed E-state index contributed by atoms with van der Waals surface area (Å²) in [5.74, 6) is -1.31. The third-order valence-corrected chi connectivity index (χ3v) is 5.26. The summed E-state index contributed by atoms with van der Waals surface area (Å²) < 4.78 is 23.4. The summed E-state index contributed by atoms with van der Waals surface area (Å²) in [5, 5.41) is 11.5. The topological polar surface area (TPSA) is 101 Å². The molecule has 128 valence electrons. The number of aryl methyl sites for hydroxylation is 1. The molecule has 0 aliphatic heterocycles. The number of hydrogen-bond acceptors (Lipinski definition) is 4. The highest BCUT2D eigenvalue weighted by molar-refractivity contribution is 7.91. The molecule has 0 spiro atoms. The van der Waals surface area contributed by atoms with E-state index in [1.165, 1.54) is 12.1 Å². The van der Waals surface area contributed by atoms with Crippen molar-refractivity contribution in [2.45, 2.75) is 50.5 Å². The third-order valence-electron chi connectivity index (χ3n) is 3.51. The molecule has 0 radical (unpaired) electrons. The van der Waals surface area contributed by atoms with E-state index in [0.29, 0.717) is 19.3 Å². The first-order chi connectivity index (χ1) is 10.8. The Hall–Kier alpha value is -1.89. The highest BCUT2D eigenvalue weighted by Crippen LogP contribution is 2.13. The zero-order valence-electron chi connectivity index (χ0n) is 13.4. The zero-order chi connectivity index (χ0) is 17.5. The Kier molecular flexibility index (Phi) is 7.22. The van der Waals surface area contributed by atoms with Crippen molar-refractivity contribution in [1.29, 1.82) is 0 Å². The van der Waals surface area contributed by atoms with E-state index in [0.717, 1.165) is 5.56 Å². The van der Waals surface area contributed by atoms with Gasteiger partial charge in [0.1, 0.15) is 6.04 Å². The Morgan fingerprint density at radius 1 is 1.17 bits per heavy atom. The molecule has 1 amide bonds. The van der Waals surface area contributed by atoms with Crippen LogP contribution in [0.4, 0.5) is 0 Å². The second-order valence-electron chi connectivity index (χ2n) is 5.29. The highest BCUT2D eigenvalue weighted by atomic mass is 32.2. The molecule has 2 N–H and O–H groups in total. The van der Waals surface area contributed by atoms with Crippen molar-refractivity contribution >= 4 is 21.7 Å². The van der Waals surface area contributed by atoms with Crippen molar-refractivity contribution in [2.75, 3.05) is 5.75 Å². The number of nitrogens with one attached hydrogen (secondary N) is 1. The predicted octanol–water partition coefficient (Wildman–Crippen LogP) is 1.78. The fraction of sp³-hybridized carbons (Fsp3) is 0.500. The van der Waals surface area contributed by atoms with Gasteiger partial charge in [0, 0.05) is 6.42 Å². The fourth-order valence-electron chi connectivity index (χ4n) is 2.10. The molecule has 1 atom stereocenters. The van der Waals surface area contributed by atoms with Crippen molar-refractivity contribution in [3.63, 3.8) is 0 Å². The first-order valence-electron chi connectivity index (χ1n) is 7.64. The van der Waals surface area contributed by atoms with Crippen LogP contribution < -0.4 is 5.32 Å². The van der Waals surface area contributed by atoms with Gasteiger partial charge in [-0.2, -0.15) is 0 Å². The SMILES string of the molecule is CCCC(NC(=O)CCc1ccc(S(=O)(=O)CC)cc1)C(=O)O. The van der Waals surface area contributed by atoms with Gasteiger partial charge in [0.05, 0.1) is 10.6 Å². The van der Waals surface area contributed by atoms with E-state index in [2.05, 4.69) is 5.32 Å². The number of hydrogen-bond donors (Lipinski definition) is 2. The number of amides is 1. The maximum atomic E-state index is 11.8. The molecule has 0 heterocycles. The summed E-state index contributed by atoms with van der Waals surface area (Å²) in [6, 6.07) is 5.56. The van der Waals surface area contributed by atoms with Gasteiger partial charge in [-0.25, -0.2) is 13.2 Å². The molecule has 1 aromatic carbocycles. The minimum Gasteiger partial charge on any atom is -0.480 e. The number of benzene rings is 1. The molecule has 0 aliphatic rings. The molecule has 1 rings (SSSR count). The van der Waals surface area contributed by atoms with Crippen molar-refractivity contribution in [3.8, 4) is 0 Å². The van der Waals surface area contributed by atoms with E-state index < -0.39 is 21.8 Å². The molecule has 0 saturated heterocycles. The monoisotopic (exact) mass is 341 g/mol. The maximum absolute atomic E-state index is 11.8. The van der Waals surface area contributed by atoms with E-state index in [-0.39, 0.29) is 23.0 Å². The maximum Gasteiger partial charge on any atom is 0.326 e. The molecule has 0 saturated carbocycles. The summed E-state index contributed by atoms with van der Waals surface area (Å²) in [6.07, 6.45) is 1.65. The van der Waals surface area contributed by atoms with Gasteiger partial charge in [0.2, 0.25) is 5.91 Å². The summed E-state index contributed by atoms with van der Waals surface area (Å²) in [6.45, 7) is 3.44. The lowest BCUT2D eigenvalue weighted by Crippen LogP contribution is -2.40.